The third kappa shape index (κ3) is 1.27. The fourth-order valence-electron chi connectivity index (χ4n) is 3.02. The minimum atomic E-state index is 0.684. The molecule has 0 amide bonds. The summed E-state index contributed by atoms with van der Waals surface area (Å²) < 4.78 is 0. The van der Waals surface area contributed by atoms with E-state index in [-0.39, 0.29) is 0 Å². The molecule has 0 aromatic carbocycles. The standard InChI is InChI=1S/C13H17N/c1-2-6-12-11(5-1)8-10-14-9-4-3-7-13(12)14/h1-3,5-7,11-13H,4,8-10H2. The Morgan fingerprint density at radius 1 is 1.00 bits per heavy atom. The van der Waals surface area contributed by atoms with Gasteiger partial charge in [-0.3, -0.25) is 4.90 Å². The Labute approximate surface area is 85.8 Å². The molecular formula is C13H17N. The number of hydrogen-bond donors (Lipinski definition) is 0. The minimum Gasteiger partial charge on any atom is -0.296 e. The molecule has 3 unspecified atom stereocenters. The van der Waals surface area contributed by atoms with Gasteiger partial charge in [0.15, 0.2) is 0 Å². The first-order chi connectivity index (χ1) is 6.95. The Balaban J connectivity index is 1.88. The van der Waals surface area contributed by atoms with Crippen LogP contribution in [0.4, 0.5) is 0 Å². The summed E-state index contributed by atoms with van der Waals surface area (Å²) in [5, 5.41) is 0. The normalized spacial score (nSPS) is 40.7. The highest BCUT2D eigenvalue weighted by Crippen LogP contribution is 2.35. The molecule has 3 atom stereocenters. The van der Waals surface area contributed by atoms with Crippen LogP contribution in [0.2, 0.25) is 0 Å². The summed E-state index contributed by atoms with van der Waals surface area (Å²) in [6, 6.07) is 0.684. The average molecular weight is 187 g/mol. The molecule has 0 radical (unpaired) electrons. The first-order valence-electron chi connectivity index (χ1n) is 5.71. The Morgan fingerprint density at radius 2 is 1.93 bits per heavy atom. The second kappa shape index (κ2) is 3.39. The van der Waals surface area contributed by atoms with Crippen molar-refractivity contribution in [2.75, 3.05) is 13.1 Å². The number of hydrogen-bond acceptors (Lipinski definition) is 1. The molecule has 2 heterocycles. The summed E-state index contributed by atoms with van der Waals surface area (Å²) in [5.41, 5.74) is 0. The lowest BCUT2D eigenvalue weighted by molar-refractivity contribution is 0.112. The summed E-state index contributed by atoms with van der Waals surface area (Å²) in [6.07, 6.45) is 16.6. The first-order valence-corrected chi connectivity index (χ1v) is 5.71. The topological polar surface area (TPSA) is 3.24 Å². The molecule has 0 saturated carbocycles. The highest BCUT2D eigenvalue weighted by Gasteiger charge is 2.35. The fraction of sp³-hybridized carbons (Fsp3) is 0.538. The van der Waals surface area contributed by atoms with Gasteiger partial charge in [0.2, 0.25) is 0 Å². The van der Waals surface area contributed by atoms with E-state index in [4.69, 9.17) is 0 Å². The van der Waals surface area contributed by atoms with Gasteiger partial charge in [-0.25, -0.2) is 0 Å². The van der Waals surface area contributed by atoms with Gasteiger partial charge in [0.05, 0.1) is 0 Å². The smallest absolute Gasteiger partial charge is 0.0346 e. The third-order valence-electron chi connectivity index (χ3n) is 3.78. The second-order valence-electron chi connectivity index (χ2n) is 4.54. The molecule has 1 aliphatic carbocycles. The van der Waals surface area contributed by atoms with Gasteiger partial charge in [-0.05, 0) is 25.3 Å². The Hall–Kier alpha value is -0.820. The molecule has 2 aliphatic heterocycles. The lowest BCUT2D eigenvalue weighted by Gasteiger charge is -2.44. The van der Waals surface area contributed by atoms with Crippen LogP contribution in [-0.2, 0) is 0 Å². The van der Waals surface area contributed by atoms with E-state index in [1.54, 1.807) is 0 Å². The summed E-state index contributed by atoms with van der Waals surface area (Å²) in [4.78, 5) is 2.64. The highest BCUT2D eigenvalue weighted by atomic mass is 15.2. The van der Waals surface area contributed by atoms with Gasteiger partial charge in [0.25, 0.3) is 0 Å². The van der Waals surface area contributed by atoms with Crippen LogP contribution in [0, 0.1) is 11.8 Å². The fourth-order valence-corrected chi connectivity index (χ4v) is 3.02. The van der Waals surface area contributed by atoms with Crippen LogP contribution in [0.25, 0.3) is 0 Å². The Bertz CT molecular complexity index is 300. The van der Waals surface area contributed by atoms with Crippen LogP contribution < -0.4 is 0 Å². The summed E-state index contributed by atoms with van der Waals surface area (Å²) >= 11 is 0. The van der Waals surface area contributed by atoms with E-state index >= 15 is 0 Å². The van der Waals surface area contributed by atoms with Crippen molar-refractivity contribution in [1.29, 1.82) is 0 Å². The zero-order chi connectivity index (χ0) is 9.38. The third-order valence-corrected chi connectivity index (χ3v) is 3.78. The van der Waals surface area contributed by atoms with E-state index in [0.29, 0.717) is 6.04 Å². The van der Waals surface area contributed by atoms with E-state index < -0.39 is 0 Å². The molecule has 1 saturated heterocycles. The molecule has 0 N–H and O–H groups in total. The second-order valence-corrected chi connectivity index (χ2v) is 4.54. The van der Waals surface area contributed by atoms with Gasteiger partial charge in [0, 0.05) is 18.5 Å². The van der Waals surface area contributed by atoms with Crippen LogP contribution in [0.1, 0.15) is 12.8 Å². The number of rotatable bonds is 0. The van der Waals surface area contributed by atoms with Crippen LogP contribution in [0.3, 0.4) is 0 Å². The van der Waals surface area contributed by atoms with Crippen molar-refractivity contribution in [1.82, 2.24) is 4.90 Å². The van der Waals surface area contributed by atoms with Gasteiger partial charge in [0.1, 0.15) is 0 Å². The van der Waals surface area contributed by atoms with Crippen LogP contribution >= 0.6 is 0 Å². The molecule has 3 rings (SSSR count). The Morgan fingerprint density at radius 3 is 2.93 bits per heavy atom. The lowest BCUT2D eigenvalue weighted by atomic mass is 9.76. The van der Waals surface area contributed by atoms with Crippen molar-refractivity contribution in [2.24, 2.45) is 11.8 Å². The maximum absolute atomic E-state index is 2.64. The molecular weight excluding hydrogens is 170 g/mol. The van der Waals surface area contributed by atoms with E-state index in [1.165, 1.54) is 25.9 Å². The quantitative estimate of drug-likeness (QED) is 0.526. The summed E-state index contributed by atoms with van der Waals surface area (Å²) in [6.45, 7) is 2.55. The van der Waals surface area contributed by atoms with E-state index in [0.717, 1.165) is 11.8 Å². The SMILES string of the molecule is C1=CC2CCN3CCC=CC3C2C=C1. The maximum Gasteiger partial charge on any atom is 0.0346 e. The van der Waals surface area contributed by atoms with Crippen LogP contribution in [-0.4, -0.2) is 24.0 Å². The summed E-state index contributed by atoms with van der Waals surface area (Å²) in [7, 11) is 0. The van der Waals surface area contributed by atoms with E-state index in [1.807, 2.05) is 0 Å². The maximum atomic E-state index is 2.64. The van der Waals surface area contributed by atoms with E-state index in [2.05, 4.69) is 41.4 Å². The van der Waals surface area contributed by atoms with Crippen molar-refractivity contribution >= 4 is 0 Å². The number of allylic oxidation sites excluding steroid dienone is 3. The van der Waals surface area contributed by atoms with Crippen molar-refractivity contribution in [3.63, 3.8) is 0 Å². The Kier molecular flexibility index (Phi) is 2.06. The minimum absolute atomic E-state index is 0.684. The molecule has 0 spiro atoms. The molecule has 0 aromatic heterocycles. The van der Waals surface area contributed by atoms with E-state index in [9.17, 15) is 0 Å². The first kappa shape index (κ1) is 8.49. The van der Waals surface area contributed by atoms with Gasteiger partial charge >= 0.3 is 0 Å². The summed E-state index contributed by atoms with van der Waals surface area (Å²) in [5.74, 6) is 1.54. The molecule has 1 heteroatoms. The zero-order valence-electron chi connectivity index (χ0n) is 8.47. The van der Waals surface area contributed by atoms with Crippen molar-refractivity contribution < 1.29 is 0 Å². The molecule has 0 bridgehead atoms. The van der Waals surface area contributed by atoms with Gasteiger partial charge in [-0.1, -0.05) is 36.5 Å². The number of nitrogens with zero attached hydrogens (tertiary/aromatic N) is 1. The molecule has 74 valence electrons. The highest BCUT2D eigenvalue weighted by molar-refractivity contribution is 5.21. The van der Waals surface area contributed by atoms with Gasteiger partial charge in [-0.2, -0.15) is 0 Å². The van der Waals surface area contributed by atoms with Gasteiger partial charge in [-0.15, -0.1) is 0 Å². The van der Waals surface area contributed by atoms with Crippen LogP contribution in [0.15, 0.2) is 36.5 Å². The predicted molar refractivity (Wildman–Crippen MR) is 59.0 cm³/mol. The predicted octanol–water partition coefficient (Wildman–Crippen LogP) is 2.38. The van der Waals surface area contributed by atoms with Crippen molar-refractivity contribution in [2.45, 2.75) is 18.9 Å². The molecule has 1 nitrogen and oxygen atoms in total. The number of fused-ring (bicyclic) bond motifs is 3. The molecule has 14 heavy (non-hydrogen) atoms. The lowest BCUT2D eigenvalue weighted by Crippen LogP contribution is -2.48. The molecule has 3 aliphatic rings. The zero-order valence-corrected chi connectivity index (χ0v) is 8.47. The average Bonchev–Trinajstić information content (AvgIpc) is 2.29. The monoisotopic (exact) mass is 187 g/mol. The molecule has 0 aromatic rings. The van der Waals surface area contributed by atoms with Crippen molar-refractivity contribution in [3.8, 4) is 0 Å². The molecule has 1 fully saturated rings. The van der Waals surface area contributed by atoms with Crippen LogP contribution in [0.5, 0.6) is 0 Å². The largest absolute Gasteiger partial charge is 0.296 e. The van der Waals surface area contributed by atoms with Gasteiger partial charge < -0.3 is 0 Å². The van der Waals surface area contributed by atoms with Crippen molar-refractivity contribution in [3.05, 3.63) is 36.5 Å². The number of piperidine rings is 1.